The maximum atomic E-state index is 3.69. The third-order valence-corrected chi connectivity index (χ3v) is 6.31. The molecule has 1 aliphatic heterocycles. The molecule has 2 heterocycles. The normalized spacial score (nSPS) is 17.8. The number of halogens is 1. The minimum absolute atomic E-state index is 0.274. The van der Waals surface area contributed by atoms with Crippen molar-refractivity contribution in [2.75, 3.05) is 19.6 Å². The van der Waals surface area contributed by atoms with Gasteiger partial charge in [-0.1, -0.05) is 30.3 Å². The van der Waals surface area contributed by atoms with Crippen molar-refractivity contribution in [2.45, 2.75) is 24.8 Å². The number of hydrogen-bond donors (Lipinski definition) is 2. The molecule has 1 aliphatic rings. The zero-order chi connectivity index (χ0) is 14.5. The summed E-state index contributed by atoms with van der Waals surface area (Å²) in [5.41, 5.74) is 1.75. The van der Waals surface area contributed by atoms with Gasteiger partial charge in [-0.25, -0.2) is 0 Å². The van der Waals surface area contributed by atoms with E-state index in [0.29, 0.717) is 0 Å². The Kier molecular flexibility index (Phi) is 5.11. The molecule has 0 bridgehead atoms. The monoisotopic (exact) mass is 364 g/mol. The van der Waals surface area contributed by atoms with E-state index in [-0.39, 0.29) is 5.41 Å². The Morgan fingerprint density at radius 1 is 1.14 bits per heavy atom. The summed E-state index contributed by atoms with van der Waals surface area (Å²) >= 11 is 5.42. The average Bonchev–Trinajstić information content (AvgIpc) is 2.95. The summed E-state index contributed by atoms with van der Waals surface area (Å²) < 4.78 is 1.22. The van der Waals surface area contributed by atoms with E-state index < -0.39 is 0 Å². The summed E-state index contributed by atoms with van der Waals surface area (Å²) in [6, 6.07) is 13.1. The summed E-state index contributed by atoms with van der Waals surface area (Å²) in [4.78, 5) is 1.38. The Hall–Kier alpha value is -0.680. The minimum Gasteiger partial charge on any atom is -0.317 e. The first-order valence-corrected chi connectivity index (χ1v) is 9.16. The molecule has 2 N–H and O–H groups in total. The van der Waals surface area contributed by atoms with Crippen LogP contribution in [0.15, 0.2) is 46.3 Å². The molecule has 112 valence electrons. The van der Waals surface area contributed by atoms with Gasteiger partial charge in [0.15, 0.2) is 0 Å². The highest BCUT2D eigenvalue weighted by Crippen LogP contribution is 2.33. The summed E-state index contributed by atoms with van der Waals surface area (Å²) in [5.74, 6) is 0. The van der Waals surface area contributed by atoms with Crippen molar-refractivity contribution >= 4 is 27.3 Å². The molecule has 0 spiro atoms. The number of rotatable bonds is 5. The number of nitrogens with one attached hydrogen (secondary N) is 2. The zero-order valence-electron chi connectivity index (χ0n) is 12.1. The molecule has 0 atom stereocenters. The molecule has 0 unspecified atom stereocenters. The Morgan fingerprint density at radius 2 is 1.90 bits per heavy atom. The molecule has 0 amide bonds. The Morgan fingerprint density at radius 3 is 2.57 bits per heavy atom. The second kappa shape index (κ2) is 7.05. The maximum Gasteiger partial charge on any atom is 0.0327 e. The first kappa shape index (κ1) is 15.2. The second-order valence-electron chi connectivity index (χ2n) is 5.69. The van der Waals surface area contributed by atoms with Crippen molar-refractivity contribution in [3.63, 3.8) is 0 Å². The summed E-state index contributed by atoms with van der Waals surface area (Å²) in [6.07, 6.45) is 2.41. The van der Waals surface area contributed by atoms with Crippen molar-refractivity contribution in [2.24, 2.45) is 0 Å². The maximum absolute atomic E-state index is 3.69. The van der Waals surface area contributed by atoms with Gasteiger partial charge < -0.3 is 10.6 Å². The van der Waals surface area contributed by atoms with Crippen LogP contribution in [0.1, 0.15) is 23.3 Å². The minimum atomic E-state index is 0.274. The van der Waals surface area contributed by atoms with Gasteiger partial charge in [0.2, 0.25) is 0 Å². The highest BCUT2D eigenvalue weighted by Gasteiger charge is 2.33. The Labute approximate surface area is 139 Å². The van der Waals surface area contributed by atoms with Crippen molar-refractivity contribution < 1.29 is 0 Å². The third-order valence-electron chi connectivity index (χ3n) is 4.39. The molecule has 1 fully saturated rings. The van der Waals surface area contributed by atoms with Gasteiger partial charge >= 0.3 is 0 Å². The highest BCUT2D eigenvalue weighted by atomic mass is 79.9. The smallest absolute Gasteiger partial charge is 0.0327 e. The molecule has 0 aliphatic carbocycles. The largest absolute Gasteiger partial charge is 0.317 e. The van der Waals surface area contributed by atoms with E-state index >= 15 is 0 Å². The van der Waals surface area contributed by atoms with Gasteiger partial charge in [-0.2, -0.15) is 0 Å². The SMILES string of the molecule is Brc1ccsc1CNCC1(c2ccccc2)CCNCC1. The van der Waals surface area contributed by atoms with Crippen molar-refractivity contribution in [1.82, 2.24) is 10.6 Å². The molecule has 3 rings (SSSR count). The molecular weight excluding hydrogens is 344 g/mol. The fourth-order valence-electron chi connectivity index (χ4n) is 3.13. The average molecular weight is 365 g/mol. The van der Waals surface area contributed by atoms with E-state index in [9.17, 15) is 0 Å². The van der Waals surface area contributed by atoms with Crippen molar-refractivity contribution in [3.05, 3.63) is 56.7 Å². The van der Waals surface area contributed by atoms with Gasteiger partial charge in [0.1, 0.15) is 0 Å². The second-order valence-corrected chi connectivity index (χ2v) is 7.55. The molecule has 0 radical (unpaired) electrons. The van der Waals surface area contributed by atoms with Gasteiger partial charge in [0, 0.05) is 27.9 Å². The Balaban J connectivity index is 1.70. The summed E-state index contributed by atoms with van der Waals surface area (Å²) in [5, 5.41) is 9.32. The zero-order valence-corrected chi connectivity index (χ0v) is 14.5. The van der Waals surface area contributed by atoms with E-state index in [1.54, 1.807) is 0 Å². The third kappa shape index (κ3) is 3.57. The topological polar surface area (TPSA) is 24.1 Å². The van der Waals surface area contributed by atoms with E-state index in [0.717, 1.165) is 26.2 Å². The van der Waals surface area contributed by atoms with Crippen LogP contribution in [0.5, 0.6) is 0 Å². The number of benzene rings is 1. The van der Waals surface area contributed by atoms with Crippen molar-refractivity contribution in [3.8, 4) is 0 Å². The predicted octanol–water partition coefficient (Wildman–Crippen LogP) is 3.92. The van der Waals surface area contributed by atoms with Crippen molar-refractivity contribution in [1.29, 1.82) is 0 Å². The molecule has 0 saturated carbocycles. The molecule has 2 aromatic rings. The predicted molar refractivity (Wildman–Crippen MR) is 93.9 cm³/mol. The molecular formula is C17H21BrN2S. The Bertz CT molecular complexity index is 561. The highest BCUT2D eigenvalue weighted by molar-refractivity contribution is 9.10. The van der Waals surface area contributed by atoms with Gasteiger partial charge in [-0.05, 0) is 58.9 Å². The molecule has 21 heavy (non-hydrogen) atoms. The van der Waals surface area contributed by atoms with Gasteiger partial charge in [0.25, 0.3) is 0 Å². The van der Waals surface area contributed by atoms with Crippen LogP contribution in [0.2, 0.25) is 0 Å². The van der Waals surface area contributed by atoms with Crippen LogP contribution >= 0.6 is 27.3 Å². The summed E-state index contributed by atoms with van der Waals surface area (Å²) in [7, 11) is 0. The van der Waals surface area contributed by atoms with Crippen LogP contribution < -0.4 is 10.6 Å². The fraction of sp³-hybridized carbons (Fsp3) is 0.412. The van der Waals surface area contributed by atoms with Crippen LogP contribution in [-0.2, 0) is 12.0 Å². The van der Waals surface area contributed by atoms with Crippen LogP contribution in [0.25, 0.3) is 0 Å². The lowest BCUT2D eigenvalue weighted by Gasteiger charge is -2.38. The van der Waals surface area contributed by atoms with Gasteiger partial charge in [-0.3, -0.25) is 0 Å². The van der Waals surface area contributed by atoms with Crippen LogP contribution in [-0.4, -0.2) is 19.6 Å². The quantitative estimate of drug-likeness (QED) is 0.839. The lowest BCUT2D eigenvalue weighted by atomic mass is 9.73. The molecule has 1 aromatic heterocycles. The fourth-order valence-corrected chi connectivity index (χ4v) is 4.59. The molecule has 2 nitrogen and oxygen atoms in total. The van der Waals surface area contributed by atoms with E-state index in [1.807, 2.05) is 11.3 Å². The number of piperidine rings is 1. The van der Waals surface area contributed by atoms with E-state index in [2.05, 4.69) is 68.3 Å². The van der Waals surface area contributed by atoms with Crippen LogP contribution in [0.4, 0.5) is 0 Å². The molecule has 1 saturated heterocycles. The van der Waals surface area contributed by atoms with E-state index in [1.165, 1.54) is 27.8 Å². The summed E-state index contributed by atoms with van der Waals surface area (Å²) in [6.45, 7) is 4.21. The lowest BCUT2D eigenvalue weighted by molar-refractivity contribution is 0.293. The lowest BCUT2D eigenvalue weighted by Crippen LogP contribution is -2.46. The first-order valence-electron chi connectivity index (χ1n) is 7.49. The number of thiophene rings is 1. The standard InChI is InChI=1S/C17H21BrN2S/c18-15-6-11-21-16(15)12-20-13-17(7-9-19-10-8-17)14-4-2-1-3-5-14/h1-6,11,19-20H,7-10,12-13H2. The first-order chi connectivity index (χ1) is 10.3. The molecule has 4 heteroatoms. The number of hydrogen-bond acceptors (Lipinski definition) is 3. The van der Waals surface area contributed by atoms with Gasteiger partial charge in [0.05, 0.1) is 0 Å². The van der Waals surface area contributed by atoms with E-state index in [4.69, 9.17) is 0 Å². The van der Waals surface area contributed by atoms with Crippen LogP contribution in [0, 0.1) is 0 Å². The molecule has 1 aromatic carbocycles. The van der Waals surface area contributed by atoms with Crippen LogP contribution in [0.3, 0.4) is 0 Å². The van der Waals surface area contributed by atoms with Gasteiger partial charge in [-0.15, -0.1) is 11.3 Å².